The lowest BCUT2D eigenvalue weighted by Gasteiger charge is -2.38. The highest BCUT2D eigenvalue weighted by Gasteiger charge is 2.54. The maximum atomic E-state index is 13.1. The topological polar surface area (TPSA) is 92.9 Å². The molecule has 1 aliphatic carbocycles. The van der Waals surface area contributed by atoms with E-state index in [1.807, 2.05) is 6.92 Å². The van der Waals surface area contributed by atoms with Crippen molar-refractivity contribution < 1.29 is 19.4 Å². The first-order valence-electron chi connectivity index (χ1n) is 7.84. The summed E-state index contributed by atoms with van der Waals surface area (Å²) in [6, 6.07) is -0.991. The van der Waals surface area contributed by atoms with Crippen LogP contribution in [-0.2, 0) is 14.3 Å². The third-order valence-electron chi connectivity index (χ3n) is 5.61. The molecule has 21 heavy (non-hydrogen) atoms. The minimum absolute atomic E-state index is 0.0666. The van der Waals surface area contributed by atoms with Crippen molar-refractivity contribution in [3.8, 4) is 0 Å². The fraction of sp³-hybridized carbons (Fsp3) is 0.867. The molecule has 2 saturated heterocycles. The average molecular weight is 296 g/mol. The zero-order chi connectivity index (χ0) is 15.2. The van der Waals surface area contributed by atoms with Gasteiger partial charge >= 0.3 is 5.97 Å². The lowest BCUT2D eigenvalue weighted by atomic mass is 9.82. The van der Waals surface area contributed by atoms with Gasteiger partial charge in [0.2, 0.25) is 5.91 Å². The van der Waals surface area contributed by atoms with Crippen molar-refractivity contribution in [2.24, 2.45) is 17.1 Å². The van der Waals surface area contributed by atoms with Gasteiger partial charge in [0.15, 0.2) is 0 Å². The van der Waals surface area contributed by atoms with Gasteiger partial charge in [-0.05, 0) is 32.1 Å². The molecule has 1 amide bonds. The van der Waals surface area contributed by atoms with Crippen LogP contribution in [0.2, 0.25) is 0 Å². The molecule has 5 unspecified atom stereocenters. The molecule has 0 bridgehead atoms. The minimum atomic E-state index is -0.895. The van der Waals surface area contributed by atoms with Crippen molar-refractivity contribution in [3.05, 3.63) is 0 Å². The highest BCUT2D eigenvalue weighted by Crippen LogP contribution is 2.43. The molecule has 3 rings (SSSR count). The fourth-order valence-electron chi connectivity index (χ4n) is 4.18. The van der Waals surface area contributed by atoms with Gasteiger partial charge in [-0.3, -0.25) is 4.79 Å². The number of amides is 1. The molecule has 1 saturated carbocycles. The van der Waals surface area contributed by atoms with E-state index in [1.165, 1.54) is 0 Å². The van der Waals surface area contributed by atoms with Crippen LogP contribution in [0.25, 0.3) is 0 Å². The first-order chi connectivity index (χ1) is 9.95. The Kier molecular flexibility index (Phi) is 3.69. The Labute approximate surface area is 124 Å². The number of nitrogens with two attached hydrogens (primary N) is 1. The van der Waals surface area contributed by atoms with Gasteiger partial charge in [0, 0.05) is 12.1 Å². The van der Waals surface area contributed by atoms with Crippen LogP contribution in [0.5, 0.6) is 0 Å². The molecule has 0 radical (unpaired) electrons. The minimum Gasteiger partial charge on any atom is -0.480 e. The van der Waals surface area contributed by atoms with Crippen LogP contribution < -0.4 is 5.73 Å². The molecule has 118 valence electrons. The summed E-state index contributed by atoms with van der Waals surface area (Å²) in [5.74, 6) is -0.700. The van der Waals surface area contributed by atoms with Gasteiger partial charge in [0.1, 0.15) is 6.04 Å². The highest BCUT2D eigenvalue weighted by atomic mass is 16.5. The predicted octanol–water partition coefficient (Wildman–Crippen LogP) is 0.594. The summed E-state index contributed by atoms with van der Waals surface area (Å²) in [5, 5.41) is 9.52. The van der Waals surface area contributed by atoms with E-state index in [-0.39, 0.29) is 24.6 Å². The maximum Gasteiger partial charge on any atom is 0.326 e. The molecule has 3 aliphatic rings. The Balaban J connectivity index is 1.89. The molecule has 0 aromatic rings. The number of fused-ring (bicyclic) bond motifs is 1. The quantitative estimate of drug-likeness (QED) is 0.778. The van der Waals surface area contributed by atoms with Gasteiger partial charge in [0.25, 0.3) is 0 Å². The Morgan fingerprint density at radius 1 is 1.33 bits per heavy atom. The molecule has 6 nitrogen and oxygen atoms in total. The number of hydrogen-bond donors (Lipinski definition) is 2. The molecular weight excluding hydrogens is 272 g/mol. The summed E-state index contributed by atoms with van der Waals surface area (Å²) >= 11 is 0. The third kappa shape index (κ3) is 2.25. The van der Waals surface area contributed by atoms with Crippen LogP contribution in [0.4, 0.5) is 0 Å². The van der Waals surface area contributed by atoms with Crippen LogP contribution in [0.1, 0.15) is 39.0 Å². The molecule has 0 aromatic carbocycles. The molecule has 5 atom stereocenters. The van der Waals surface area contributed by atoms with Crippen molar-refractivity contribution in [3.63, 3.8) is 0 Å². The smallest absolute Gasteiger partial charge is 0.326 e. The molecule has 2 aliphatic heterocycles. The van der Waals surface area contributed by atoms with E-state index in [0.29, 0.717) is 18.9 Å². The lowest BCUT2D eigenvalue weighted by molar-refractivity contribution is -0.155. The Bertz CT molecular complexity index is 455. The second-order valence-electron chi connectivity index (χ2n) is 6.95. The Morgan fingerprint density at radius 3 is 2.67 bits per heavy atom. The summed E-state index contributed by atoms with van der Waals surface area (Å²) in [4.78, 5) is 26.3. The van der Waals surface area contributed by atoms with E-state index in [2.05, 4.69) is 0 Å². The van der Waals surface area contributed by atoms with E-state index in [9.17, 15) is 14.7 Å². The van der Waals surface area contributed by atoms with Gasteiger partial charge in [-0.2, -0.15) is 0 Å². The van der Waals surface area contributed by atoms with Crippen molar-refractivity contribution in [2.45, 2.75) is 57.2 Å². The van der Waals surface area contributed by atoms with Crippen LogP contribution >= 0.6 is 0 Å². The molecule has 2 heterocycles. The van der Waals surface area contributed by atoms with Crippen LogP contribution in [0.3, 0.4) is 0 Å². The number of carbonyl (C=O) groups excluding carboxylic acids is 1. The number of rotatable bonds is 2. The largest absolute Gasteiger partial charge is 0.480 e. The molecule has 0 spiro atoms. The SMILES string of the molecule is CC1(C(=O)N2C(C(=O)O)CC3CCCCC32)COCC1N. The number of nitrogens with zero attached hydrogens (tertiary/aromatic N) is 1. The number of carboxylic acid groups (broad SMARTS) is 1. The van der Waals surface area contributed by atoms with Gasteiger partial charge in [0.05, 0.1) is 18.6 Å². The lowest BCUT2D eigenvalue weighted by Crippen LogP contribution is -2.56. The first-order valence-corrected chi connectivity index (χ1v) is 7.84. The summed E-state index contributed by atoms with van der Waals surface area (Å²) in [6.45, 7) is 2.46. The standard InChI is InChI=1S/C15H24N2O4/c1-15(8-21-7-12(15)16)14(20)17-10-5-3-2-4-9(10)6-11(17)13(18)19/h9-12H,2-8,16H2,1H3,(H,18,19). The molecule has 3 fully saturated rings. The van der Waals surface area contributed by atoms with Crippen LogP contribution in [0, 0.1) is 11.3 Å². The van der Waals surface area contributed by atoms with Gasteiger partial charge in [-0.15, -0.1) is 0 Å². The first kappa shape index (κ1) is 14.8. The van der Waals surface area contributed by atoms with Crippen LogP contribution in [-0.4, -0.2) is 53.2 Å². The highest BCUT2D eigenvalue weighted by molar-refractivity contribution is 5.89. The monoisotopic (exact) mass is 296 g/mol. The van der Waals surface area contributed by atoms with Gasteiger partial charge in [-0.25, -0.2) is 4.79 Å². The summed E-state index contributed by atoms with van der Waals surface area (Å²) < 4.78 is 5.36. The summed E-state index contributed by atoms with van der Waals surface area (Å²) in [5.41, 5.74) is 5.26. The van der Waals surface area contributed by atoms with E-state index >= 15 is 0 Å². The summed E-state index contributed by atoms with van der Waals surface area (Å²) in [7, 11) is 0. The predicted molar refractivity (Wildman–Crippen MR) is 75.5 cm³/mol. The van der Waals surface area contributed by atoms with Crippen LogP contribution in [0.15, 0.2) is 0 Å². The Hall–Kier alpha value is -1.14. The molecule has 3 N–H and O–H groups in total. The number of carbonyl (C=O) groups is 2. The van der Waals surface area contributed by atoms with Crippen molar-refractivity contribution in [1.82, 2.24) is 4.90 Å². The second-order valence-corrected chi connectivity index (χ2v) is 6.95. The number of ether oxygens (including phenoxy) is 1. The molecule has 6 heteroatoms. The number of aliphatic carboxylic acids is 1. The summed E-state index contributed by atoms with van der Waals surface area (Å²) in [6.07, 6.45) is 4.72. The molecule has 0 aromatic heterocycles. The van der Waals surface area contributed by atoms with Gasteiger partial charge in [-0.1, -0.05) is 12.8 Å². The zero-order valence-corrected chi connectivity index (χ0v) is 12.5. The number of hydrogen-bond acceptors (Lipinski definition) is 4. The average Bonchev–Trinajstić information content (AvgIpc) is 3.00. The van der Waals surface area contributed by atoms with E-state index in [4.69, 9.17) is 10.5 Å². The Morgan fingerprint density at radius 2 is 2.05 bits per heavy atom. The normalized spacial score (nSPS) is 42.9. The van der Waals surface area contributed by atoms with Crippen molar-refractivity contribution in [1.29, 1.82) is 0 Å². The third-order valence-corrected chi connectivity index (χ3v) is 5.61. The number of carboxylic acids is 1. The van der Waals surface area contributed by atoms with Gasteiger partial charge < -0.3 is 20.5 Å². The maximum absolute atomic E-state index is 13.1. The number of likely N-dealkylation sites (tertiary alicyclic amines) is 1. The van der Waals surface area contributed by atoms with E-state index in [0.717, 1.165) is 25.7 Å². The van der Waals surface area contributed by atoms with Crippen molar-refractivity contribution >= 4 is 11.9 Å². The van der Waals surface area contributed by atoms with E-state index in [1.54, 1.807) is 4.90 Å². The van der Waals surface area contributed by atoms with Crippen molar-refractivity contribution in [2.75, 3.05) is 13.2 Å². The molecular formula is C15H24N2O4. The van der Waals surface area contributed by atoms with E-state index < -0.39 is 17.4 Å². The second kappa shape index (κ2) is 5.25. The zero-order valence-electron chi connectivity index (χ0n) is 12.5. The fourth-order valence-corrected chi connectivity index (χ4v) is 4.18.